The number of nitrogens with zero attached hydrogens (tertiary/aromatic N) is 1. The molecule has 0 saturated heterocycles. The van der Waals surface area contributed by atoms with Crippen LogP contribution in [-0.2, 0) is 0 Å². The van der Waals surface area contributed by atoms with E-state index < -0.39 is 0 Å². The van der Waals surface area contributed by atoms with Crippen LogP contribution < -0.4 is 21.1 Å². The van der Waals surface area contributed by atoms with Crippen molar-refractivity contribution in [1.29, 1.82) is 0 Å². The minimum absolute atomic E-state index is 0.322. The van der Waals surface area contributed by atoms with E-state index in [0.29, 0.717) is 28.5 Å². The highest BCUT2D eigenvalue weighted by molar-refractivity contribution is 5.77. The van der Waals surface area contributed by atoms with Gasteiger partial charge >= 0.3 is 5.69 Å². The highest BCUT2D eigenvalue weighted by Gasteiger charge is 2.07. The molecular formula is C20H17N5O2. The minimum Gasteiger partial charge on any atom is -0.455 e. The fourth-order valence-electron chi connectivity index (χ4n) is 2.63. The molecule has 0 atom stereocenters. The Kier molecular flexibility index (Phi) is 4.32. The molecule has 7 heteroatoms. The quantitative estimate of drug-likeness (QED) is 0.417. The summed E-state index contributed by atoms with van der Waals surface area (Å²) in [7, 11) is 0. The lowest BCUT2D eigenvalue weighted by Gasteiger charge is -2.13. The van der Waals surface area contributed by atoms with Gasteiger partial charge in [0, 0.05) is 23.6 Å². The summed E-state index contributed by atoms with van der Waals surface area (Å²) < 4.78 is 5.86. The molecule has 7 nitrogen and oxygen atoms in total. The second-order valence-electron chi connectivity index (χ2n) is 5.83. The summed E-state index contributed by atoms with van der Waals surface area (Å²) in [5.74, 6) is 1.82. The van der Waals surface area contributed by atoms with Crippen LogP contribution in [0.3, 0.4) is 0 Å². The maximum atomic E-state index is 11.4. The molecule has 4 rings (SSSR count). The highest BCUT2D eigenvalue weighted by atomic mass is 16.5. The fourth-order valence-corrected chi connectivity index (χ4v) is 2.63. The van der Waals surface area contributed by atoms with Gasteiger partial charge in [-0.1, -0.05) is 24.8 Å². The van der Waals surface area contributed by atoms with E-state index in [-0.39, 0.29) is 5.69 Å². The van der Waals surface area contributed by atoms with Crippen LogP contribution in [0.1, 0.15) is 0 Å². The number of hydrogen-bond acceptors (Lipinski definition) is 5. The standard InChI is InChI=1S/C20H17N5O2/c1-13(22-14-5-3-2-4-6-14)23-15-7-9-16(10-8-15)27-17-11-12-21-19-18(17)24-20(26)25-19/h2-12,22-23H,1H2,(H2,21,24,25,26). The number of fused-ring (bicyclic) bond motifs is 1. The normalized spacial score (nSPS) is 10.5. The Morgan fingerprint density at radius 3 is 2.37 bits per heavy atom. The molecule has 0 saturated carbocycles. The summed E-state index contributed by atoms with van der Waals surface area (Å²) in [6.45, 7) is 3.97. The Morgan fingerprint density at radius 2 is 1.63 bits per heavy atom. The summed E-state index contributed by atoms with van der Waals surface area (Å²) in [4.78, 5) is 20.8. The largest absolute Gasteiger partial charge is 0.455 e. The molecule has 0 aliphatic heterocycles. The van der Waals surface area contributed by atoms with E-state index in [1.807, 2.05) is 54.6 Å². The van der Waals surface area contributed by atoms with Gasteiger partial charge in [0.25, 0.3) is 0 Å². The maximum absolute atomic E-state index is 11.4. The number of benzene rings is 2. The number of aromatic amines is 2. The van der Waals surface area contributed by atoms with Gasteiger partial charge in [0.2, 0.25) is 0 Å². The topological polar surface area (TPSA) is 94.8 Å². The zero-order valence-corrected chi connectivity index (χ0v) is 14.3. The lowest BCUT2D eigenvalue weighted by atomic mass is 10.3. The van der Waals surface area contributed by atoms with Crippen molar-refractivity contribution >= 4 is 22.5 Å². The van der Waals surface area contributed by atoms with Gasteiger partial charge in [-0.3, -0.25) is 4.98 Å². The smallest absolute Gasteiger partial charge is 0.325 e. The zero-order valence-electron chi connectivity index (χ0n) is 14.3. The van der Waals surface area contributed by atoms with Crippen molar-refractivity contribution in [2.45, 2.75) is 0 Å². The third kappa shape index (κ3) is 3.82. The predicted molar refractivity (Wildman–Crippen MR) is 106 cm³/mol. The highest BCUT2D eigenvalue weighted by Crippen LogP contribution is 2.27. The number of rotatable bonds is 6. The van der Waals surface area contributed by atoms with E-state index in [0.717, 1.165) is 11.4 Å². The second kappa shape index (κ2) is 7.09. The first kappa shape index (κ1) is 16.5. The van der Waals surface area contributed by atoms with Crippen molar-refractivity contribution in [1.82, 2.24) is 15.0 Å². The third-order valence-electron chi connectivity index (χ3n) is 3.83. The van der Waals surface area contributed by atoms with Crippen molar-refractivity contribution in [2.75, 3.05) is 10.6 Å². The van der Waals surface area contributed by atoms with Gasteiger partial charge < -0.3 is 20.4 Å². The van der Waals surface area contributed by atoms with E-state index in [9.17, 15) is 4.79 Å². The van der Waals surface area contributed by atoms with E-state index in [1.165, 1.54) is 0 Å². The number of nitrogens with one attached hydrogen (secondary N) is 4. The lowest BCUT2D eigenvalue weighted by Crippen LogP contribution is -2.07. The Labute approximate surface area is 154 Å². The Morgan fingerprint density at radius 1 is 0.926 bits per heavy atom. The van der Waals surface area contributed by atoms with Gasteiger partial charge in [0.1, 0.15) is 17.1 Å². The van der Waals surface area contributed by atoms with Crippen molar-refractivity contribution in [3.8, 4) is 11.5 Å². The number of hydrogen-bond donors (Lipinski definition) is 4. The average molecular weight is 359 g/mol. The molecule has 0 aliphatic rings. The molecule has 4 aromatic rings. The molecule has 2 heterocycles. The maximum Gasteiger partial charge on any atom is 0.325 e. The van der Waals surface area contributed by atoms with Crippen LogP contribution in [0.2, 0.25) is 0 Å². The molecule has 27 heavy (non-hydrogen) atoms. The Hall–Kier alpha value is -4.00. The number of H-pyrrole nitrogens is 2. The van der Waals surface area contributed by atoms with Crippen LogP contribution in [0, 0.1) is 0 Å². The number of pyridine rings is 1. The van der Waals surface area contributed by atoms with Crippen LogP contribution in [0.5, 0.6) is 11.5 Å². The number of para-hydroxylation sites is 1. The van der Waals surface area contributed by atoms with E-state index in [1.54, 1.807) is 12.3 Å². The zero-order chi connectivity index (χ0) is 18.6. The summed E-state index contributed by atoms with van der Waals surface area (Å²) in [5, 5.41) is 6.38. The van der Waals surface area contributed by atoms with E-state index >= 15 is 0 Å². The molecule has 0 amide bonds. The number of ether oxygens (including phenoxy) is 1. The van der Waals surface area contributed by atoms with Gasteiger partial charge in [-0.15, -0.1) is 0 Å². The first-order chi connectivity index (χ1) is 13.2. The third-order valence-corrected chi connectivity index (χ3v) is 3.83. The van der Waals surface area contributed by atoms with Gasteiger partial charge in [0.15, 0.2) is 11.4 Å². The van der Waals surface area contributed by atoms with E-state index in [2.05, 4.69) is 32.2 Å². The van der Waals surface area contributed by atoms with Crippen LogP contribution in [0.15, 0.2) is 84.1 Å². The van der Waals surface area contributed by atoms with Crippen LogP contribution in [0.4, 0.5) is 11.4 Å². The molecule has 0 spiro atoms. The van der Waals surface area contributed by atoms with Crippen LogP contribution in [0.25, 0.3) is 11.2 Å². The molecule has 4 N–H and O–H groups in total. The number of aromatic nitrogens is 3. The molecule has 134 valence electrons. The summed E-state index contributed by atoms with van der Waals surface area (Å²) in [6, 6.07) is 18.9. The summed E-state index contributed by atoms with van der Waals surface area (Å²) >= 11 is 0. The van der Waals surface area contributed by atoms with Crippen LogP contribution >= 0.6 is 0 Å². The molecule has 0 fully saturated rings. The van der Waals surface area contributed by atoms with Crippen molar-refractivity contribution < 1.29 is 4.74 Å². The predicted octanol–water partition coefficient (Wildman–Crippen LogP) is 4.04. The van der Waals surface area contributed by atoms with Gasteiger partial charge in [-0.25, -0.2) is 9.78 Å². The summed E-state index contributed by atoms with van der Waals surface area (Å²) in [5.41, 5.74) is 2.49. The van der Waals surface area contributed by atoms with Gasteiger partial charge in [-0.05, 0) is 36.4 Å². The minimum atomic E-state index is -0.322. The van der Waals surface area contributed by atoms with Gasteiger partial charge in [0.05, 0.1) is 0 Å². The first-order valence-corrected chi connectivity index (χ1v) is 8.30. The molecule has 2 aromatic heterocycles. The fraction of sp³-hybridized carbons (Fsp3) is 0. The van der Waals surface area contributed by atoms with Crippen molar-refractivity contribution in [2.24, 2.45) is 0 Å². The molecule has 0 bridgehead atoms. The lowest BCUT2D eigenvalue weighted by molar-refractivity contribution is 0.487. The second-order valence-corrected chi connectivity index (χ2v) is 5.83. The number of anilines is 2. The molecule has 0 unspecified atom stereocenters. The monoisotopic (exact) mass is 359 g/mol. The Balaban J connectivity index is 1.44. The first-order valence-electron chi connectivity index (χ1n) is 8.30. The van der Waals surface area contributed by atoms with E-state index in [4.69, 9.17) is 4.74 Å². The molecular weight excluding hydrogens is 342 g/mol. The molecule has 0 radical (unpaired) electrons. The van der Waals surface area contributed by atoms with Crippen molar-refractivity contribution in [3.63, 3.8) is 0 Å². The Bertz CT molecular complexity index is 1130. The average Bonchev–Trinajstić information content (AvgIpc) is 3.05. The van der Waals surface area contributed by atoms with Gasteiger partial charge in [-0.2, -0.15) is 0 Å². The molecule has 2 aromatic carbocycles. The van der Waals surface area contributed by atoms with Crippen molar-refractivity contribution in [3.05, 3.63) is 89.7 Å². The number of imidazole rings is 1. The molecule has 0 aliphatic carbocycles. The SMILES string of the molecule is C=C(Nc1ccccc1)Nc1ccc(Oc2ccnc3[nH]c(=O)[nH]c23)cc1. The van der Waals surface area contributed by atoms with Crippen LogP contribution in [-0.4, -0.2) is 15.0 Å². The summed E-state index contributed by atoms with van der Waals surface area (Å²) in [6.07, 6.45) is 1.58.